The summed E-state index contributed by atoms with van der Waals surface area (Å²) in [5.41, 5.74) is 8.20. The highest BCUT2D eigenvalue weighted by atomic mass is 16.3. The molecule has 2 heterocycles. The second kappa shape index (κ2) is 8.83. The van der Waals surface area contributed by atoms with Crippen LogP contribution in [0.1, 0.15) is 28.0 Å². The highest BCUT2D eigenvalue weighted by Gasteiger charge is 2.14. The molecule has 2 aromatic heterocycles. The van der Waals surface area contributed by atoms with Gasteiger partial charge in [-0.1, -0.05) is 42.0 Å². The number of benzene rings is 2. The van der Waals surface area contributed by atoms with Crippen LogP contribution in [0.3, 0.4) is 0 Å². The number of para-hydroxylation sites is 1. The van der Waals surface area contributed by atoms with Crippen molar-refractivity contribution in [2.75, 3.05) is 0 Å². The van der Waals surface area contributed by atoms with Crippen LogP contribution in [0.25, 0.3) is 17.1 Å². The molecule has 0 aliphatic carbocycles. The van der Waals surface area contributed by atoms with Crippen molar-refractivity contribution in [3.63, 3.8) is 0 Å². The number of hydrogen-bond acceptors (Lipinski definition) is 4. The van der Waals surface area contributed by atoms with Gasteiger partial charge >= 0.3 is 0 Å². The van der Waals surface area contributed by atoms with Gasteiger partial charge in [-0.05, 0) is 56.2 Å². The van der Waals surface area contributed by atoms with E-state index in [1.54, 1.807) is 10.9 Å². The van der Waals surface area contributed by atoms with E-state index in [4.69, 9.17) is 4.42 Å². The number of hydrazone groups is 1. The lowest BCUT2D eigenvalue weighted by molar-refractivity contribution is -0.120. The van der Waals surface area contributed by atoms with Gasteiger partial charge in [0.15, 0.2) is 5.76 Å². The number of aromatic nitrogens is 2. The van der Waals surface area contributed by atoms with Crippen molar-refractivity contribution in [2.45, 2.75) is 27.2 Å². The molecule has 6 nitrogen and oxygen atoms in total. The molecule has 156 valence electrons. The number of nitrogens with one attached hydrogen (secondary N) is 1. The van der Waals surface area contributed by atoms with Gasteiger partial charge in [0.1, 0.15) is 11.5 Å². The fourth-order valence-electron chi connectivity index (χ4n) is 3.38. The Morgan fingerprint density at radius 1 is 1.10 bits per heavy atom. The van der Waals surface area contributed by atoms with Crippen LogP contribution in [0.5, 0.6) is 0 Å². The summed E-state index contributed by atoms with van der Waals surface area (Å²) in [4.78, 5) is 12.4. The molecule has 31 heavy (non-hydrogen) atoms. The van der Waals surface area contributed by atoms with Crippen molar-refractivity contribution < 1.29 is 9.21 Å². The normalized spacial score (nSPS) is 11.2. The minimum atomic E-state index is -0.172. The SMILES string of the molecule is Cc1ccc(CC(=O)N/N=C\c2cn(-c3ccccc3)nc2-c2ccc(C)o2)c(C)c1. The second-order valence-electron chi connectivity index (χ2n) is 7.52. The maximum Gasteiger partial charge on any atom is 0.244 e. The first-order valence-corrected chi connectivity index (χ1v) is 10.1. The van der Waals surface area contributed by atoms with E-state index >= 15 is 0 Å². The van der Waals surface area contributed by atoms with E-state index < -0.39 is 0 Å². The Balaban J connectivity index is 1.54. The average Bonchev–Trinajstić information content (AvgIpc) is 3.37. The minimum Gasteiger partial charge on any atom is -0.460 e. The molecule has 6 heteroatoms. The molecule has 0 radical (unpaired) electrons. The van der Waals surface area contributed by atoms with Gasteiger partial charge in [0.05, 0.1) is 18.3 Å². The van der Waals surface area contributed by atoms with Crippen LogP contribution in [0.4, 0.5) is 0 Å². The number of amides is 1. The largest absolute Gasteiger partial charge is 0.460 e. The van der Waals surface area contributed by atoms with Crippen molar-refractivity contribution in [3.8, 4) is 17.1 Å². The van der Waals surface area contributed by atoms with Gasteiger partial charge < -0.3 is 4.42 Å². The standard InChI is InChI=1S/C25H24N4O2/c1-17-9-11-20(18(2)13-17)14-24(30)27-26-15-21-16-29(22-7-5-4-6-8-22)28-25(21)23-12-10-19(3)31-23/h4-13,15-16H,14H2,1-3H3,(H,27,30)/b26-15-. The lowest BCUT2D eigenvalue weighted by atomic mass is 10.0. The van der Waals surface area contributed by atoms with Gasteiger partial charge in [-0.2, -0.15) is 10.2 Å². The molecule has 0 atom stereocenters. The van der Waals surface area contributed by atoms with Gasteiger partial charge in [-0.3, -0.25) is 4.79 Å². The number of furan rings is 1. The van der Waals surface area contributed by atoms with Gasteiger partial charge in [0.25, 0.3) is 0 Å². The van der Waals surface area contributed by atoms with E-state index in [0.717, 1.165) is 28.1 Å². The lowest BCUT2D eigenvalue weighted by Gasteiger charge is -2.05. The van der Waals surface area contributed by atoms with Crippen LogP contribution in [-0.4, -0.2) is 21.9 Å². The number of rotatable bonds is 6. The molecule has 4 aromatic rings. The number of aryl methyl sites for hydroxylation is 3. The lowest BCUT2D eigenvalue weighted by Crippen LogP contribution is -2.20. The van der Waals surface area contributed by atoms with Gasteiger partial charge in [0.2, 0.25) is 5.91 Å². The van der Waals surface area contributed by atoms with Gasteiger partial charge in [0, 0.05) is 11.8 Å². The van der Waals surface area contributed by atoms with Crippen molar-refractivity contribution in [1.29, 1.82) is 0 Å². The molecule has 1 N–H and O–H groups in total. The molecule has 0 aliphatic heterocycles. The van der Waals surface area contributed by atoms with E-state index in [0.29, 0.717) is 11.5 Å². The number of carbonyl (C=O) groups excluding carboxylic acids is 1. The summed E-state index contributed by atoms with van der Waals surface area (Å²) in [5.74, 6) is 1.28. The van der Waals surface area contributed by atoms with E-state index in [-0.39, 0.29) is 12.3 Å². The molecule has 0 fully saturated rings. The number of hydrogen-bond donors (Lipinski definition) is 1. The summed E-state index contributed by atoms with van der Waals surface area (Å²) in [6, 6.07) is 19.6. The topological polar surface area (TPSA) is 72.4 Å². The van der Waals surface area contributed by atoms with Gasteiger partial charge in [-0.15, -0.1) is 0 Å². The maximum absolute atomic E-state index is 12.4. The smallest absolute Gasteiger partial charge is 0.244 e. The van der Waals surface area contributed by atoms with Crippen molar-refractivity contribution >= 4 is 12.1 Å². The van der Waals surface area contributed by atoms with Crippen molar-refractivity contribution in [2.24, 2.45) is 5.10 Å². The van der Waals surface area contributed by atoms with Crippen LogP contribution in [0, 0.1) is 20.8 Å². The zero-order valence-electron chi connectivity index (χ0n) is 17.8. The molecular weight excluding hydrogens is 388 g/mol. The van der Waals surface area contributed by atoms with Crippen molar-refractivity contribution in [3.05, 3.63) is 94.9 Å². The summed E-state index contributed by atoms with van der Waals surface area (Å²) in [5, 5.41) is 8.83. The predicted octanol–water partition coefficient (Wildman–Crippen LogP) is 4.75. The van der Waals surface area contributed by atoms with Crippen molar-refractivity contribution in [1.82, 2.24) is 15.2 Å². The predicted molar refractivity (Wildman–Crippen MR) is 121 cm³/mol. The van der Waals surface area contributed by atoms with Crippen LogP contribution in [0.2, 0.25) is 0 Å². The Bertz CT molecular complexity index is 1240. The fraction of sp³-hybridized carbons (Fsp3) is 0.160. The minimum absolute atomic E-state index is 0.172. The van der Waals surface area contributed by atoms with E-state index in [1.165, 1.54) is 5.56 Å². The highest BCUT2D eigenvalue weighted by Crippen LogP contribution is 2.24. The van der Waals surface area contributed by atoms with Crippen LogP contribution in [-0.2, 0) is 11.2 Å². The molecule has 4 rings (SSSR count). The third kappa shape index (κ3) is 4.80. The Kier molecular flexibility index (Phi) is 5.80. The third-order valence-electron chi connectivity index (χ3n) is 4.98. The quantitative estimate of drug-likeness (QED) is 0.367. The molecule has 0 unspecified atom stereocenters. The third-order valence-corrected chi connectivity index (χ3v) is 4.98. The first kappa shape index (κ1) is 20.3. The molecule has 0 saturated heterocycles. The van der Waals surface area contributed by atoms with Crippen LogP contribution in [0.15, 0.2) is 76.4 Å². The second-order valence-corrected chi connectivity index (χ2v) is 7.52. The number of carbonyl (C=O) groups is 1. The molecule has 0 aliphatic rings. The fourth-order valence-corrected chi connectivity index (χ4v) is 3.38. The molecule has 0 saturated carbocycles. The summed E-state index contributed by atoms with van der Waals surface area (Å²) in [6.07, 6.45) is 3.73. The Hall–Kier alpha value is -3.93. The monoisotopic (exact) mass is 412 g/mol. The van der Waals surface area contributed by atoms with E-state index in [1.807, 2.05) is 81.6 Å². The van der Waals surface area contributed by atoms with E-state index in [9.17, 15) is 4.79 Å². The Morgan fingerprint density at radius 2 is 1.90 bits per heavy atom. The zero-order chi connectivity index (χ0) is 21.8. The van der Waals surface area contributed by atoms with E-state index in [2.05, 4.69) is 21.7 Å². The highest BCUT2D eigenvalue weighted by molar-refractivity contribution is 5.89. The van der Waals surface area contributed by atoms with Crippen LogP contribution < -0.4 is 5.43 Å². The summed E-state index contributed by atoms with van der Waals surface area (Å²) in [6.45, 7) is 5.93. The van der Waals surface area contributed by atoms with Crippen LogP contribution >= 0.6 is 0 Å². The molecule has 0 bridgehead atoms. The first-order chi connectivity index (χ1) is 15.0. The Morgan fingerprint density at radius 3 is 2.61 bits per heavy atom. The molecule has 2 aromatic carbocycles. The zero-order valence-corrected chi connectivity index (χ0v) is 17.8. The first-order valence-electron chi connectivity index (χ1n) is 10.1. The summed E-state index contributed by atoms with van der Waals surface area (Å²) >= 11 is 0. The molecular formula is C25H24N4O2. The number of nitrogens with zero attached hydrogens (tertiary/aromatic N) is 3. The maximum atomic E-state index is 12.4. The molecule has 1 amide bonds. The summed E-state index contributed by atoms with van der Waals surface area (Å²) in [7, 11) is 0. The Labute approximate surface area is 181 Å². The van der Waals surface area contributed by atoms with Gasteiger partial charge in [-0.25, -0.2) is 10.1 Å². The summed E-state index contributed by atoms with van der Waals surface area (Å²) < 4.78 is 7.53. The molecule has 0 spiro atoms. The average molecular weight is 412 g/mol.